The van der Waals surface area contributed by atoms with E-state index in [0.29, 0.717) is 11.6 Å². The van der Waals surface area contributed by atoms with Gasteiger partial charge in [0.2, 0.25) is 0 Å². The molecule has 0 spiro atoms. The molecule has 2 rings (SSSR count). The third kappa shape index (κ3) is 2.17. The van der Waals surface area contributed by atoms with Crippen LogP contribution in [0.2, 0.25) is 0 Å². The first-order valence-corrected chi connectivity index (χ1v) is 5.73. The van der Waals surface area contributed by atoms with Gasteiger partial charge in [0.15, 0.2) is 0 Å². The normalized spacial score (nSPS) is 24.1. The van der Waals surface area contributed by atoms with Gasteiger partial charge in [0.05, 0.1) is 11.3 Å². The van der Waals surface area contributed by atoms with Gasteiger partial charge in [0.25, 0.3) is 0 Å². The third-order valence-corrected chi connectivity index (χ3v) is 3.21. The first-order chi connectivity index (χ1) is 7.70. The summed E-state index contributed by atoms with van der Waals surface area (Å²) in [5, 5.41) is 12.4. The quantitative estimate of drug-likeness (QED) is 0.794. The lowest BCUT2D eigenvalue weighted by atomic mass is 10.1. The molecule has 0 aromatic heterocycles. The average Bonchev–Trinajstić information content (AvgIpc) is 2.65. The van der Waals surface area contributed by atoms with Crippen molar-refractivity contribution in [1.82, 2.24) is 0 Å². The van der Waals surface area contributed by atoms with E-state index in [1.54, 1.807) is 0 Å². The molecule has 1 saturated carbocycles. The molecule has 0 heterocycles. The first-order valence-electron chi connectivity index (χ1n) is 5.73. The Morgan fingerprint density at radius 3 is 2.88 bits per heavy atom. The van der Waals surface area contributed by atoms with E-state index in [-0.39, 0.29) is 6.04 Å². The highest BCUT2D eigenvalue weighted by atomic mass is 15.0. The van der Waals surface area contributed by atoms with Crippen LogP contribution in [0.5, 0.6) is 0 Å². The Hall–Kier alpha value is -1.53. The van der Waals surface area contributed by atoms with Gasteiger partial charge >= 0.3 is 0 Å². The molecule has 0 amide bonds. The van der Waals surface area contributed by atoms with E-state index in [0.717, 1.165) is 24.1 Å². The smallest absolute Gasteiger partial charge is 0.101 e. The van der Waals surface area contributed by atoms with Gasteiger partial charge in [0.1, 0.15) is 6.07 Å². The summed E-state index contributed by atoms with van der Waals surface area (Å²) >= 11 is 0. The molecule has 84 valence electrons. The highest BCUT2D eigenvalue weighted by Gasteiger charge is 2.24. The molecule has 2 unspecified atom stereocenters. The number of nitrogens with zero attached hydrogens (tertiary/aromatic N) is 1. The molecule has 1 aromatic rings. The summed E-state index contributed by atoms with van der Waals surface area (Å²) in [4.78, 5) is 0. The predicted octanol–water partition coefficient (Wildman–Crippen LogP) is 2.16. The Balaban J connectivity index is 2.20. The number of hydrogen-bond acceptors (Lipinski definition) is 3. The average molecular weight is 215 g/mol. The summed E-state index contributed by atoms with van der Waals surface area (Å²) in [5.41, 5.74) is 8.79. The summed E-state index contributed by atoms with van der Waals surface area (Å²) in [6, 6.07) is 8.57. The van der Waals surface area contributed by atoms with Crippen LogP contribution < -0.4 is 11.1 Å². The van der Waals surface area contributed by atoms with E-state index >= 15 is 0 Å². The molecule has 1 aliphatic carbocycles. The number of rotatable bonds is 2. The SMILES string of the molecule is Cc1ccc(C#N)c(NC2CCCC2N)c1. The second-order valence-corrected chi connectivity index (χ2v) is 4.51. The molecule has 1 aliphatic rings. The molecular weight excluding hydrogens is 198 g/mol. The summed E-state index contributed by atoms with van der Waals surface area (Å²) in [6.45, 7) is 2.03. The molecule has 16 heavy (non-hydrogen) atoms. The number of anilines is 1. The number of aryl methyl sites for hydroxylation is 1. The van der Waals surface area contributed by atoms with Crippen molar-refractivity contribution in [3.63, 3.8) is 0 Å². The Bertz CT molecular complexity index is 420. The van der Waals surface area contributed by atoms with E-state index in [2.05, 4.69) is 11.4 Å². The van der Waals surface area contributed by atoms with E-state index in [1.165, 1.54) is 6.42 Å². The maximum absolute atomic E-state index is 9.03. The molecule has 3 heteroatoms. The molecular formula is C13H17N3. The van der Waals surface area contributed by atoms with Crippen LogP contribution in [-0.4, -0.2) is 12.1 Å². The minimum atomic E-state index is 0.215. The second-order valence-electron chi connectivity index (χ2n) is 4.51. The Morgan fingerprint density at radius 1 is 1.44 bits per heavy atom. The van der Waals surface area contributed by atoms with Crippen LogP contribution in [0, 0.1) is 18.3 Å². The van der Waals surface area contributed by atoms with Crippen LogP contribution in [0.1, 0.15) is 30.4 Å². The van der Waals surface area contributed by atoms with Crippen LogP contribution >= 0.6 is 0 Å². The predicted molar refractivity (Wildman–Crippen MR) is 65.1 cm³/mol. The highest BCUT2D eigenvalue weighted by molar-refractivity contribution is 5.59. The van der Waals surface area contributed by atoms with Crippen molar-refractivity contribution in [2.75, 3.05) is 5.32 Å². The molecule has 3 nitrogen and oxygen atoms in total. The third-order valence-electron chi connectivity index (χ3n) is 3.21. The van der Waals surface area contributed by atoms with Crippen molar-refractivity contribution < 1.29 is 0 Å². The molecule has 0 radical (unpaired) electrons. The van der Waals surface area contributed by atoms with Crippen LogP contribution in [0.15, 0.2) is 18.2 Å². The van der Waals surface area contributed by atoms with E-state index in [9.17, 15) is 0 Å². The number of nitrogens with one attached hydrogen (secondary N) is 1. The molecule has 1 fully saturated rings. The molecule has 0 bridgehead atoms. The van der Waals surface area contributed by atoms with Crippen LogP contribution in [0.3, 0.4) is 0 Å². The Kier molecular flexibility index (Phi) is 3.12. The lowest BCUT2D eigenvalue weighted by molar-refractivity contribution is 0.638. The van der Waals surface area contributed by atoms with Crippen LogP contribution in [0.4, 0.5) is 5.69 Å². The monoisotopic (exact) mass is 215 g/mol. The minimum absolute atomic E-state index is 0.215. The van der Waals surface area contributed by atoms with Crippen molar-refractivity contribution in [3.05, 3.63) is 29.3 Å². The van der Waals surface area contributed by atoms with Gasteiger partial charge in [-0.25, -0.2) is 0 Å². The lowest BCUT2D eigenvalue weighted by Gasteiger charge is -2.19. The zero-order chi connectivity index (χ0) is 11.5. The van der Waals surface area contributed by atoms with Crippen molar-refractivity contribution in [3.8, 4) is 6.07 Å². The van der Waals surface area contributed by atoms with E-state index < -0.39 is 0 Å². The molecule has 0 saturated heterocycles. The maximum atomic E-state index is 9.03. The van der Waals surface area contributed by atoms with Gasteiger partial charge in [-0.05, 0) is 43.9 Å². The largest absolute Gasteiger partial charge is 0.380 e. The minimum Gasteiger partial charge on any atom is -0.380 e. The zero-order valence-electron chi connectivity index (χ0n) is 9.53. The van der Waals surface area contributed by atoms with E-state index in [1.807, 2.05) is 25.1 Å². The van der Waals surface area contributed by atoms with Gasteiger partial charge in [-0.2, -0.15) is 5.26 Å². The Morgan fingerprint density at radius 2 is 2.25 bits per heavy atom. The number of benzene rings is 1. The highest BCUT2D eigenvalue weighted by Crippen LogP contribution is 2.24. The molecule has 0 aliphatic heterocycles. The topological polar surface area (TPSA) is 61.8 Å². The zero-order valence-corrected chi connectivity index (χ0v) is 9.53. The number of nitriles is 1. The van der Waals surface area contributed by atoms with Gasteiger partial charge in [-0.1, -0.05) is 6.07 Å². The van der Waals surface area contributed by atoms with Crippen molar-refractivity contribution in [2.24, 2.45) is 5.73 Å². The van der Waals surface area contributed by atoms with Crippen molar-refractivity contribution in [2.45, 2.75) is 38.3 Å². The van der Waals surface area contributed by atoms with Crippen LogP contribution in [0.25, 0.3) is 0 Å². The summed E-state index contributed by atoms with van der Waals surface area (Å²) in [5.74, 6) is 0. The lowest BCUT2D eigenvalue weighted by Crippen LogP contribution is -2.35. The summed E-state index contributed by atoms with van der Waals surface area (Å²) in [7, 11) is 0. The maximum Gasteiger partial charge on any atom is 0.101 e. The Labute approximate surface area is 96.3 Å². The fourth-order valence-corrected chi connectivity index (χ4v) is 2.24. The fourth-order valence-electron chi connectivity index (χ4n) is 2.24. The molecule has 3 N–H and O–H groups in total. The van der Waals surface area contributed by atoms with Gasteiger partial charge in [-0.3, -0.25) is 0 Å². The molecule has 1 aromatic carbocycles. The molecule has 2 atom stereocenters. The first kappa shape index (κ1) is 11.0. The van der Waals surface area contributed by atoms with Crippen molar-refractivity contribution in [1.29, 1.82) is 5.26 Å². The van der Waals surface area contributed by atoms with Crippen LogP contribution in [-0.2, 0) is 0 Å². The summed E-state index contributed by atoms with van der Waals surface area (Å²) in [6.07, 6.45) is 3.35. The van der Waals surface area contributed by atoms with Gasteiger partial charge < -0.3 is 11.1 Å². The van der Waals surface area contributed by atoms with Gasteiger partial charge in [0, 0.05) is 12.1 Å². The van der Waals surface area contributed by atoms with Gasteiger partial charge in [-0.15, -0.1) is 0 Å². The number of nitrogens with two attached hydrogens (primary N) is 1. The summed E-state index contributed by atoms with van der Waals surface area (Å²) < 4.78 is 0. The van der Waals surface area contributed by atoms with Crippen molar-refractivity contribution >= 4 is 5.69 Å². The second kappa shape index (κ2) is 4.54. The van der Waals surface area contributed by atoms with E-state index in [4.69, 9.17) is 11.0 Å². The standard InChI is InChI=1S/C13H17N3/c1-9-5-6-10(8-14)13(7-9)16-12-4-2-3-11(12)15/h5-7,11-12,16H,2-4,15H2,1H3. The fraction of sp³-hybridized carbons (Fsp3) is 0.462. The number of hydrogen-bond donors (Lipinski definition) is 2.